The van der Waals surface area contributed by atoms with Crippen LogP contribution in [0.3, 0.4) is 0 Å². The van der Waals surface area contributed by atoms with Crippen LogP contribution in [0.1, 0.15) is 19.4 Å². The van der Waals surface area contributed by atoms with Crippen LogP contribution in [-0.2, 0) is 5.75 Å². The second-order valence-electron chi connectivity index (χ2n) is 4.78. The van der Waals surface area contributed by atoms with E-state index in [2.05, 4.69) is 0 Å². The van der Waals surface area contributed by atoms with Crippen LogP contribution in [0.4, 0.5) is 5.69 Å². The summed E-state index contributed by atoms with van der Waals surface area (Å²) in [5, 5.41) is 0.763. The molecule has 0 bridgehead atoms. The Balaban J connectivity index is 2.04. The molecule has 20 heavy (non-hydrogen) atoms. The van der Waals surface area contributed by atoms with E-state index >= 15 is 0 Å². The Hall–Kier alpha value is -1.32. The lowest BCUT2D eigenvalue weighted by Crippen LogP contribution is -2.07. The van der Waals surface area contributed by atoms with Gasteiger partial charge in [-0.3, -0.25) is 0 Å². The van der Waals surface area contributed by atoms with Gasteiger partial charge in [0.1, 0.15) is 5.75 Å². The number of benzene rings is 2. The van der Waals surface area contributed by atoms with Gasteiger partial charge in [0.25, 0.3) is 0 Å². The third-order valence-corrected chi connectivity index (χ3v) is 3.98. The molecule has 2 aromatic rings. The monoisotopic (exact) mass is 307 g/mol. The van der Waals surface area contributed by atoms with E-state index in [4.69, 9.17) is 22.1 Å². The number of thioether (sulfide) groups is 1. The number of anilines is 1. The highest BCUT2D eigenvalue weighted by Crippen LogP contribution is 2.31. The summed E-state index contributed by atoms with van der Waals surface area (Å²) in [6.45, 7) is 3.99. The van der Waals surface area contributed by atoms with Gasteiger partial charge in [-0.05, 0) is 49.7 Å². The molecule has 2 nitrogen and oxygen atoms in total. The fourth-order valence-corrected chi connectivity index (χ4v) is 2.71. The van der Waals surface area contributed by atoms with Gasteiger partial charge in [0.2, 0.25) is 0 Å². The standard InChI is InChI=1S/C16H18ClNOS/c1-11(2)19-16-9-14(7-8-15(16)18)20-10-12-3-5-13(17)6-4-12/h3-9,11H,10,18H2,1-2H3. The zero-order chi connectivity index (χ0) is 14.5. The van der Waals surface area contributed by atoms with Crippen LogP contribution in [0.2, 0.25) is 5.02 Å². The van der Waals surface area contributed by atoms with Gasteiger partial charge in [-0.15, -0.1) is 11.8 Å². The van der Waals surface area contributed by atoms with Crippen LogP contribution >= 0.6 is 23.4 Å². The van der Waals surface area contributed by atoms with E-state index in [1.807, 2.05) is 56.3 Å². The van der Waals surface area contributed by atoms with Gasteiger partial charge < -0.3 is 10.5 Å². The molecule has 0 fully saturated rings. The minimum absolute atomic E-state index is 0.119. The Morgan fingerprint density at radius 2 is 1.85 bits per heavy atom. The smallest absolute Gasteiger partial charge is 0.143 e. The third-order valence-electron chi connectivity index (χ3n) is 2.67. The summed E-state index contributed by atoms with van der Waals surface area (Å²) < 4.78 is 5.70. The normalized spacial score (nSPS) is 10.8. The van der Waals surface area contributed by atoms with E-state index in [9.17, 15) is 0 Å². The Bertz CT molecular complexity index is 569. The Morgan fingerprint density at radius 1 is 1.15 bits per heavy atom. The first kappa shape index (κ1) is 15.1. The van der Waals surface area contributed by atoms with Crippen molar-refractivity contribution in [2.24, 2.45) is 0 Å². The molecule has 0 saturated carbocycles. The number of hydrogen-bond acceptors (Lipinski definition) is 3. The van der Waals surface area contributed by atoms with E-state index in [0.29, 0.717) is 5.69 Å². The highest BCUT2D eigenvalue weighted by atomic mass is 35.5. The summed E-state index contributed by atoms with van der Waals surface area (Å²) in [7, 11) is 0. The molecule has 0 aliphatic carbocycles. The molecule has 4 heteroatoms. The quantitative estimate of drug-likeness (QED) is 0.623. The van der Waals surface area contributed by atoms with E-state index in [1.54, 1.807) is 11.8 Å². The van der Waals surface area contributed by atoms with Crippen molar-refractivity contribution in [2.75, 3.05) is 5.73 Å². The van der Waals surface area contributed by atoms with Crippen molar-refractivity contribution in [2.45, 2.75) is 30.6 Å². The van der Waals surface area contributed by atoms with Gasteiger partial charge in [-0.2, -0.15) is 0 Å². The zero-order valence-corrected chi connectivity index (χ0v) is 13.2. The molecule has 0 unspecified atom stereocenters. The minimum Gasteiger partial charge on any atom is -0.489 e. The Kier molecular flexibility index (Phi) is 5.21. The number of nitrogen functional groups attached to an aromatic ring is 1. The summed E-state index contributed by atoms with van der Waals surface area (Å²) in [4.78, 5) is 1.14. The third kappa shape index (κ3) is 4.36. The number of ether oxygens (including phenoxy) is 1. The van der Waals surface area contributed by atoms with Crippen LogP contribution in [0, 0.1) is 0 Å². The average Bonchev–Trinajstić information content (AvgIpc) is 2.41. The predicted molar refractivity (Wildman–Crippen MR) is 87.6 cm³/mol. The fourth-order valence-electron chi connectivity index (χ4n) is 1.71. The molecule has 0 atom stereocenters. The summed E-state index contributed by atoms with van der Waals surface area (Å²) in [6, 6.07) is 13.8. The summed E-state index contributed by atoms with van der Waals surface area (Å²) in [6.07, 6.45) is 0.119. The minimum atomic E-state index is 0.119. The topological polar surface area (TPSA) is 35.2 Å². The van der Waals surface area contributed by atoms with Gasteiger partial charge in [-0.1, -0.05) is 23.7 Å². The summed E-state index contributed by atoms with van der Waals surface area (Å²) in [5.41, 5.74) is 7.83. The first-order chi connectivity index (χ1) is 9.54. The molecule has 2 N–H and O–H groups in total. The van der Waals surface area contributed by atoms with Gasteiger partial charge in [-0.25, -0.2) is 0 Å². The number of rotatable bonds is 5. The summed E-state index contributed by atoms with van der Waals surface area (Å²) in [5.74, 6) is 1.64. The van der Waals surface area contributed by atoms with Crippen molar-refractivity contribution >= 4 is 29.1 Å². The Morgan fingerprint density at radius 3 is 2.50 bits per heavy atom. The summed E-state index contributed by atoms with van der Waals surface area (Å²) >= 11 is 7.63. The number of halogens is 1. The van der Waals surface area contributed by atoms with E-state index < -0.39 is 0 Å². The molecule has 0 aliphatic rings. The maximum absolute atomic E-state index is 5.91. The molecular formula is C16H18ClNOS. The first-order valence-corrected chi connectivity index (χ1v) is 7.84. The lowest BCUT2D eigenvalue weighted by Gasteiger charge is -2.13. The van der Waals surface area contributed by atoms with Crippen molar-refractivity contribution in [3.05, 3.63) is 53.1 Å². The number of nitrogens with two attached hydrogens (primary N) is 1. The second-order valence-corrected chi connectivity index (χ2v) is 6.27. The molecule has 0 spiro atoms. The van der Waals surface area contributed by atoms with Crippen molar-refractivity contribution < 1.29 is 4.74 Å². The molecule has 2 rings (SSSR count). The van der Waals surface area contributed by atoms with Crippen LogP contribution in [0.5, 0.6) is 5.75 Å². The Labute approximate surface area is 129 Å². The lowest BCUT2D eigenvalue weighted by molar-refractivity contribution is 0.243. The largest absolute Gasteiger partial charge is 0.489 e. The zero-order valence-electron chi connectivity index (χ0n) is 11.6. The fraction of sp³-hybridized carbons (Fsp3) is 0.250. The van der Waals surface area contributed by atoms with Gasteiger partial charge in [0, 0.05) is 15.7 Å². The van der Waals surface area contributed by atoms with Crippen LogP contribution in [0.15, 0.2) is 47.4 Å². The molecule has 0 amide bonds. The average molecular weight is 308 g/mol. The van der Waals surface area contributed by atoms with Gasteiger partial charge in [0.05, 0.1) is 11.8 Å². The molecule has 0 aliphatic heterocycles. The highest BCUT2D eigenvalue weighted by molar-refractivity contribution is 7.98. The van der Waals surface area contributed by atoms with Crippen molar-refractivity contribution in [1.82, 2.24) is 0 Å². The first-order valence-electron chi connectivity index (χ1n) is 6.48. The second kappa shape index (κ2) is 6.91. The van der Waals surface area contributed by atoms with Crippen molar-refractivity contribution in [1.29, 1.82) is 0 Å². The molecular weight excluding hydrogens is 290 g/mol. The predicted octanol–water partition coefficient (Wildman–Crippen LogP) is 5.00. The molecule has 0 aromatic heterocycles. The van der Waals surface area contributed by atoms with E-state index in [-0.39, 0.29) is 6.10 Å². The van der Waals surface area contributed by atoms with E-state index in [0.717, 1.165) is 21.4 Å². The van der Waals surface area contributed by atoms with Crippen molar-refractivity contribution in [3.63, 3.8) is 0 Å². The maximum atomic E-state index is 5.91. The molecule has 0 saturated heterocycles. The van der Waals surface area contributed by atoms with Crippen molar-refractivity contribution in [3.8, 4) is 5.75 Å². The van der Waals surface area contributed by atoms with Gasteiger partial charge >= 0.3 is 0 Å². The lowest BCUT2D eigenvalue weighted by atomic mass is 10.2. The van der Waals surface area contributed by atoms with Crippen LogP contribution in [-0.4, -0.2) is 6.10 Å². The molecule has 0 radical (unpaired) electrons. The maximum Gasteiger partial charge on any atom is 0.143 e. The molecule has 106 valence electrons. The van der Waals surface area contributed by atoms with Gasteiger partial charge in [0.15, 0.2) is 0 Å². The number of hydrogen-bond donors (Lipinski definition) is 1. The highest BCUT2D eigenvalue weighted by Gasteiger charge is 2.05. The van der Waals surface area contributed by atoms with Crippen LogP contribution < -0.4 is 10.5 Å². The molecule has 2 aromatic carbocycles. The molecule has 0 heterocycles. The van der Waals surface area contributed by atoms with E-state index in [1.165, 1.54) is 5.56 Å². The van der Waals surface area contributed by atoms with Crippen LogP contribution in [0.25, 0.3) is 0 Å². The SMILES string of the molecule is CC(C)Oc1cc(SCc2ccc(Cl)cc2)ccc1N.